The van der Waals surface area contributed by atoms with Gasteiger partial charge in [-0.3, -0.25) is 0 Å². The number of rotatable bonds is 3. The van der Waals surface area contributed by atoms with Crippen LogP contribution in [0.3, 0.4) is 0 Å². The Morgan fingerprint density at radius 3 is 3.19 bits per heavy atom. The summed E-state index contributed by atoms with van der Waals surface area (Å²) >= 11 is 0. The van der Waals surface area contributed by atoms with E-state index >= 15 is 0 Å². The third-order valence-corrected chi connectivity index (χ3v) is 2.51. The van der Waals surface area contributed by atoms with E-state index in [2.05, 4.69) is 10.9 Å². The summed E-state index contributed by atoms with van der Waals surface area (Å²) in [6.45, 7) is 1.25. The van der Waals surface area contributed by atoms with Gasteiger partial charge in [0.1, 0.15) is 5.69 Å². The number of terminal acetylenes is 1. The average Bonchev–Trinajstić information content (AvgIpc) is 2.38. The van der Waals surface area contributed by atoms with Gasteiger partial charge in [0, 0.05) is 6.61 Å². The van der Waals surface area contributed by atoms with Gasteiger partial charge in [-0.25, -0.2) is 4.98 Å². The molecule has 0 unspecified atom stereocenters. The van der Waals surface area contributed by atoms with E-state index in [4.69, 9.17) is 15.9 Å². The topological polar surface area (TPSA) is 31.4 Å². The standard InChI is InChI=1S/C13H15NO2/c1-2-11-6-5-7-12(14-11)10-16-13-8-3-4-9-15-13/h1,5-7,13H,3-4,8-10H2/t13-/m0/s1. The molecule has 0 N–H and O–H groups in total. The third-order valence-electron chi connectivity index (χ3n) is 2.51. The van der Waals surface area contributed by atoms with E-state index in [1.807, 2.05) is 12.1 Å². The van der Waals surface area contributed by atoms with Crippen molar-refractivity contribution in [2.75, 3.05) is 6.61 Å². The largest absolute Gasteiger partial charge is 0.353 e. The molecule has 1 aliphatic rings. The van der Waals surface area contributed by atoms with Crippen molar-refractivity contribution in [1.29, 1.82) is 0 Å². The van der Waals surface area contributed by atoms with Crippen LogP contribution in [0.4, 0.5) is 0 Å². The van der Waals surface area contributed by atoms with E-state index in [-0.39, 0.29) is 6.29 Å². The molecule has 0 spiro atoms. The van der Waals surface area contributed by atoms with E-state index in [1.165, 1.54) is 6.42 Å². The van der Waals surface area contributed by atoms with Gasteiger partial charge in [-0.1, -0.05) is 12.0 Å². The van der Waals surface area contributed by atoms with Gasteiger partial charge in [0.05, 0.1) is 12.3 Å². The van der Waals surface area contributed by atoms with Gasteiger partial charge in [-0.05, 0) is 31.4 Å². The van der Waals surface area contributed by atoms with Crippen LogP contribution in [-0.2, 0) is 16.1 Å². The highest BCUT2D eigenvalue weighted by molar-refractivity contribution is 5.25. The molecule has 2 heterocycles. The second-order valence-electron chi connectivity index (χ2n) is 3.77. The van der Waals surface area contributed by atoms with Crippen LogP contribution in [0.1, 0.15) is 30.7 Å². The second kappa shape index (κ2) is 5.64. The molecule has 84 valence electrons. The molecule has 16 heavy (non-hydrogen) atoms. The molecule has 1 saturated heterocycles. The van der Waals surface area contributed by atoms with Crippen molar-refractivity contribution in [1.82, 2.24) is 4.98 Å². The summed E-state index contributed by atoms with van der Waals surface area (Å²) in [6.07, 6.45) is 8.47. The van der Waals surface area contributed by atoms with Crippen molar-refractivity contribution in [3.8, 4) is 12.3 Å². The Hall–Kier alpha value is -1.37. The number of aromatic nitrogens is 1. The molecule has 3 nitrogen and oxygen atoms in total. The molecule has 1 aliphatic heterocycles. The summed E-state index contributed by atoms with van der Waals surface area (Å²) in [5.41, 5.74) is 1.50. The molecule has 1 fully saturated rings. The smallest absolute Gasteiger partial charge is 0.158 e. The van der Waals surface area contributed by atoms with Gasteiger partial charge >= 0.3 is 0 Å². The van der Waals surface area contributed by atoms with Crippen LogP contribution in [0.25, 0.3) is 0 Å². The van der Waals surface area contributed by atoms with Gasteiger partial charge < -0.3 is 9.47 Å². The van der Waals surface area contributed by atoms with Gasteiger partial charge in [0.15, 0.2) is 6.29 Å². The molecule has 0 aliphatic carbocycles. The Kier molecular flexibility index (Phi) is 3.92. The Morgan fingerprint density at radius 1 is 1.50 bits per heavy atom. The fourth-order valence-corrected chi connectivity index (χ4v) is 1.66. The van der Waals surface area contributed by atoms with Crippen molar-refractivity contribution < 1.29 is 9.47 Å². The summed E-state index contributed by atoms with van der Waals surface area (Å²) in [5, 5.41) is 0. The predicted octanol–water partition coefficient (Wildman–Crippen LogP) is 2.11. The van der Waals surface area contributed by atoms with E-state index in [1.54, 1.807) is 6.07 Å². The first-order chi connectivity index (χ1) is 7.88. The average molecular weight is 217 g/mol. The van der Waals surface area contributed by atoms with E-state index in [9.17, 15) is 0 Å². The molecule has 1 atom stereocenters. The zero-order valence-corrected chi connectivity index (χ0v) is 9.19. The first-order valence-electron chi connectivity index (χ1n) is 5.54. The third kappa shape index (κ3) is 3.06. The zero-order chi connectivity index (χ0) is 11.2. The minimum atomic E-state index is -0.0787. The zero-order valence-electron chi connectivity index (χ0n) is 9.19. The van der Waals surface area contributed by atoms with Crippen molar-refractivity contribution >= 4 is 0 Å². The fraction of sp³-hybridized carbons (Fsp3) is 0.462. The Bertz CT molecular complexity index is 378. The molecule has 0 bridgehead atoms. The van der Waals surface area contributed by atoms with Crippen LogP contribution in [0.5, 0.6) is 0 Å². The number of nitrogens with zero attached hydrogens (tertiary/aromatic N) is 1. The normalized spacial score (nSPS) is 20.3. The highest BCUT2D eigenvalue weighted by Crippen LogP contribution is 2.15. The summed E-state index contributed by atoms with van der Waals surface area (Å²) in [4.78, 5) is 4.26. The number of pyridine rings is 1. The van der Waals surface area contributed by atoms with Gasteiger partial charge in [-0.2, -0.15) is 0 Å². The highest BCUT2D eigenvalue weighted by atomic mass is 16.7. The van der Waals surface area contributed by atoms with E-state index in [0.29, 0.717) is 12.3 Å². The minimum absolute atomic E-state index is 0.0787. The molecule has 0 aromatic carbocycles. The van der Waals surface area contributed by atoms with Crippen LogP contribution in [0, 0.1) is 12.3 Å². The van der Waals surface area contributed by atoms with Gasteiger partial charge in [0.2, 0.25) is 0 Å². The van der Waals surface area contributed by atoms with Crippen LogP contribution < -0.4 is 0 Å². The van der Waals surface area contributed by atoms with E-state index < -0.39 is 0 Å². The molecule has 2 rings (SSSR count). The predicted molar refractivity (Wildman–Crippen MR) is 60.6 cm³/mol. The van der Waals surface area contributed by atoms with Crippen LogP contribution in [-0.4, -0.2) is 17.9 Å². The maximum atomic E-state index is 5.62. The van der Waals surface area contributed by atoms with Crippen molar-refractivity contribution in [3.63, 3.8) is 0 Å². The summed E-state index contributed by atoms with van der Waals surface area (Å²) in [7, 11) is 0. The van der Waals surface area contributed by atoms with Gasteiger partial charge in [-0.15, -0.1) is 6.42 Å². The van der Waals surface area contributed by atoms with E-state index in [0.717, 1.165) is 25.1 Å². The molecule has 0 amide bonds. The molecule has 0 saturated carbocycles. The monoisotopic (exact) mass is 217 g/mol. The maximum absolute atomic E-state index is 5.62. The lowest BCUT2D eigenvalue weighted by Crippen LogP contribution is -2.22. The Morgan fingerprint density at radius 2 is 2.44 bits per heavy atom. The summed E-state index contributed by atoms with van der Waals surface area (Å²) < 4.78 is 11.1. The molecule has 1 aromatic heterocycles. The number of hydrogen-bond acceptors (Lipinski definition) is 3. The molecule has 1 aromatic rings. The van der Waals surface area contributed by atoms with Crippen LogP contribution in [0.2, 0.25) is 0 Å². The Labute approximate surface area is 95.8 Å². The van der Waals surface area contributed by atoms with Crippen LogP contribution >= 0.6 is 0 Å². The number of ether oxygens (including phenoxy) is 2. The van der Waals surface area contributed by atoms with Crippen LogP contribution in [0.15, 0.2) is 18.2 Å². The molecule has 0 radical (unpaired) electrons. The first kappa shape index (κ1) is 11.1. The molecule has 3 heteroatoms. The minimum Gasteiger partial charge on any atom is -0.353 e. The Balaban J connectivity index is 1.86. The molecular weight excluding hydrogens is 202 g/mol. The first-order valence-corrected chi connectivity index (χ1v) is 5.54. The van der Waals surface area contributed by atoms with Crippen molar-refractivity contribution in [3.05, 3.63) is 29.6 Å². The highest BCUT2D eigenvalue weighted by Gasteiger charge is 2.14. The van der Waals surface area contributed by atoms with Crippen molar-refractivity contribution in [2.45, 2.75) is 32.2 Å². The lowest BCUT2D eigenvalue weighted by Gasteiger charge is -2.22. The summed E-state index contributed by atoms with van der Waals surface area (Å²) in [5.74, 6) is 2.51. The molecular formula is C13H15NO2. The SMILES string of the molecule is C#Cc1cccc(CO[C@H]2CCCCO2)n1. The van der Waals surface area contributed by atoms with Crippen molar-refractivity contribution in [2.24, 2.45) is 0 Å². The number of hydrogen-bond donors (Lipinski definition) is 0. The lowest BCUT2D eigenvalue weighted by molar-refractivity contribution is -0.169. The lowest BCUT2D eigenvalue weighted by atomic mass is 10.2. The maximum Gasteiger partial charge on any atom is 0.158 e. The second-order valence-corrected chi connectivity index (χ2v) is 3.77. The van der Waals surface area contributed by atoms with Gasteiger partial charge in [0.25, 0.3) is 0 Å². The quantitative estimate of drug-likeness (QED) is 0.727. The summed E-state index contributed by atoms with van der Waals surface area (Å²) in [6, 6.07) is 5.60. The fourth-order valence-electron chi connectivity index (χ4n) is 1.66.